The van der Waals surface area contributed by atoms with Gasteiger partial charge in [0.25, 0.3) is 5.91 Å². The van der Waals surface area contributed by atoms with Crippen molar-refractivity contribution in [2.24, 2.45) is 0 Å². The largest absolute Gasteiger partial charge is 0.455 e. The first-order valence-corrected chi connectivity index (χ1v) is 9.58. The maximum atomic E-state index is 13.5. The zero-order chi connectivity index (χ0) is 19.2. The van der Waals surface area contributed by atoms with Gasteiger partial charge in [-0.3, -0.25) is 9.59 Å². The topological polar surface area (TPSA) is 73.2 Å². The number of carbonyl (C=O) groups excluding carboxylic acids is 2. The summed E-state index contributed by atoms with van der Waals surface area (Å²) in [4.78, 5) is 23.8. The molecule has 1 saturated carbocycles. The Morgan fingerprint density at radius 2 is 2.04 bits per heavy atom. The molecule has 1 aliphatic carbocycles. The van der Waals surface area contributed by atoms with Crippen LogP contribution in [0.25, 0.3) is 0 Å². The van der Waals surface area contributed by atoms with Gasteiger partial charge in [0, 0.05) is 11.0 Å². The number of nitrogens with zero attached hydrogens (tertiary/aromatic N) is 2. The molecule has 0 aliphatic heterocycles. The second kappa shape index (κ2) is 8.98. The monoisotopic (exact) mass is 395 g/mol. The first-order chi connectivity index (χ1) is 13.0. The Balaban J connectivity index is 1.44. The molecule has 1 aromatic heterocycles. The van der Waals surface area contributed by atoms with Gasteiger partial charge in [-0.2, -0.15) is 5.10 Å². The predicted octanol–water partition coefficient (Wildman–Crippen LogP) is 3.55. The van der Waals surface area contributed by atoms with E-state index < -0.39 is 30.1 Å². The highest BCUT2D eigenvalue weighted by atomic mass is 32.2. The molecule has 6 nitrogen and oxygen atoms in total. The van der Waals surface area contributed by atoms with Gasteiger partial charge >= 0.3 is 5.97 Å². The lowest BCUT2D eigenvalue weighted by Crippen LogP contribution is -2.23. The van der Waals surface area contributed by atoms with Crippen molar-refractivity contribution in [2.45, 2.75) is 36.6 Å². The number of hydrogen-bond acceptors (Lipinski definition) is 5. The lowest BCUT2D eigenvalue weighted by atomic mass is 10.2. The molecule has 1 heterocycles. The first kappa shape index (κ1) is 19.3. The molecule has 1 aromatic carbocycles. The van der Waals surface area contributed by atoms with Crippen molar-refractivity contribution < 1.29 is 23.1 Å². The molecule has 0 atom stereocenters. The molecule has 9 heteroatoms. The first-order valence-electron chi connectivity index (χ1n) is 8.60. The zero-order valence-electron chi connectivity index (χ0n) is 14.5. The summed E-state index contributed by atoms with van der Waals surface area (Å²) in [5.74, 6) is -2.04. The normalized spacial score (nSPS) is 14.3. The highest BCUT2D eigenvalue weighted by Gasteiger charge is 2.20. The van der Waals surface area contributed by atoms with E-state index in [1.165, 1.54) is 0 Å². The Morgan fingerprint density at radius 1 is 1.26 bits per heavy atom. The van der Waals surface area contributed by atoms with Crippen molar-refractivity contribution >= 4 is 29.5 Å². The summed E-state index contributed by atoms with van der Waals surface area (Å²) in [5, 5.41) is 6.93. The van der Waals surface area contributed by atoms with Crippen LogP contribution in [0.15, 0.2) is 35.4 Å². The smallest absolute Gasteiger partial charge is 0.316 e. The number of aromatic nitrogens is 2. The van der Waals surface area contributed by atoms with Crippen molar-refractivity contribution in [1.82, 2.24) is 9.78 Å². The number of amides is 1. The molecule has 0 unspecified atom stereocenters. The lowest BCUT2D eigenvalue weighted by Gasteiger charge is -2.14. The van der Waals surface area contributed by atoms with E-state index in [2.05, 4.69) is 10.4 Å². The van der Waals surface area contributed by atoms with Gasteiger partial charge in [0.15, 0.2) is 6.61 Å². The third-order valence-corrected chi connectivity index (χ3v) is 5.22. The van der Waals surface area contributed by atoms with Crippen molar-refractivity contribution in [1.29, 1.82) is 0 Å². The van der Waals surface area contributed by atoms with Crippen molar-refractivity contribution in [2.75, 3.05) is 17.7 Å². The molecule has 1 N–H and O–H groups in total. The molecule has 0 saturated heterocycles. The van der Waals surface area contributed by atoms with Crippen LogP contribution in [0.5, 0.6) is 0 Å². The average Bonchev–Trinajstić information content (AvgIpc) is 3.32. The molecule has 0 bridgehead atoms. The van der Waals surface area contributed by atoms with E-state index in [9.17, 15) is 18.4 Å². The van der Waals surface area contributed by atoms with Gasteiger partial charge in [-0.1, -0.05) is 12.8 Å². The third kappa shape index (κ3) is 5.29. The molecule has 0 spiro atoms. The van der Waals surface area contributed by atoms with Crippen LogP contribution >= 0.6 is 11.8 Å². The van der Waals surface area contributed by atoms with Crippen LogP contribution in [0.2, 0.25) is 0 Å². The Morgan fingerprint density at radius 3 is 2.81 bits per heavy atom. The van der Waals surface area contributed by atoms with Gasteiger partial charge in [0.1, 0.15) is 17.5 Å². The second-order valence-corrected chi connectivity index (χ2v) is 7.19. The summed E-state index contributed by atoms with van der Waals surface area (Å²) < 4.78 is 33.3. The van der Waals surface area contributed by atoms with Gasteiger partial charge in [0.05, 0.1) is 18.0 Å². The molecule has 1 aliphatic rings. The number of nitrogens with one attached hydrogen (secondary N) is 1. The lowest BCUT2D eigenvalue weighted by molar-refractivity contribution is -0.144. The highest BCUT2D eigenvalue weighted by molar-refractivity contribution is 8.00. The minimum Gasteiger partial charge on any atom is -0.455 e. The number of benzene rings is 1. The summed E-state index contributed by atoms with van der Waals surface area (Å²) in [6, 6.07) is 4.96. The van der Waals surface area contributed by atoms with E-state index in [1.807, 2.05) is 0 Å². The molecule has 2 aromatic rings. The number of esters is 1. The Labute approximate surface area is 159 Å². The molecule has 144 valence electrons. The van der Waals surface area contributed by atoms with Crippen LogP contribution in [0, 0.1) is 11.6 Å². The van der Waals surface area contributed by atoms with Gasteiger partial charge in [-0.25, -0.2) is 13.5 Å². The van der Waals surface area contributed by atoms with Gasteiger partial charge in [-0.15, -0.1) is 11.8 Å². The van der Waals surface area contributed by atoms with E-state index >= 15 is 0 Å². The Hall–Kier alpha value is -2.42. The highest BCUT2D eigenvalue weighted by Crippen LogP contribution is 2.31. The van der Waals surface area contributed by atoms with E-state index in [0.717, 1.165) is 55.6 Å². The maximum absolute atomic E-state index is 13.5. The number of ether oxygens (including phenoxy) is 1. The van der Waals surface area contributed by atoms with E-state index in [1.54, 1.807) is 16.9 Å². The van der Waals surface area contributed by atoms with E-state index in [0.29, 0.717) is 5.82 Å². The summed E-state index contributed by atoms with van der Waals surface area (Å²) in [6.45, 7) is -0.457. The summed E-state index contributed by atoms with van der Waals surface area (Å²) in [6.07, 6.45) is 5.93. The fourth-order valence-corrected chi connectivity index (χ4v) is 3.70. The summed E-state index contributed by atoms with van der Waals surface area (Å²) in [7, 11) is 0. The van der Waals surface area contributed by atoms with Crippen LogP contribution in [-0.4, -0.2) is 34.0 Å². The summed E-state index contributed by atoms with van der Waals surface area (Å²) >= 11 is 0.810. The van der Waals surface area contributed by atoms with Gasteiger partial charge in [-0.05, 0) is 31.0 Å². The van der Waals surface area contributed by atoms with Gasteiger partial charge < -0.3 is 10.1 Å². The molecular weight excluding hydrogens is 376 g/mol. The molecule has 0 radical (unpaired) electrons. The number of anilines is 1. The summed E-state index contributed by atoms with van der Waals surface area (Å²) in [5.41, 5.74) is 0. The fourth-order valence-electron chi connectivity index (χ4n) is 2.94. The van der Waals surface area contributed by atoms with Crippen molar-refractivity contribution in [3.05, 3.63) is 42.1 Å². The average molecular weight is 395 g/mol. The number of halogens is 2. The van der Waals surface area contributed by atoms with Crippen LogP contribution in [-0.2, 0) is 14.3 Å². The number of thioether (sulfide) groups is 1. The third-order valence-electron chi connectivity index (χ3n) is 4.21. The minimum absolute atomic E-state index is 0.0110. The van der Waals surface area contributed by atoms with Crippen LogP contribution < -0.4 is 5.32 Å². The standard InChI is InChI=1S/C18H19F2N3O3S/c19-12-5-6-14(20)15(9-12)27-11-18(25)26-10-17(24)22-16-7-8-21-23(16)13-3-1-2-4-13/h5-9,13H,1-4,10-11H2,(H,22,24). The molecule has 1 amide bonds. The quantitative estimate of drug-likeness (QED) is 0.573. The predicted molar refractivity (Wildman–Crippen MR) is 96.4 cm³/mol. The maximum Gasteiger partial charge on any atom is 0.316 e. The SMILES string of the molecule is O=C(COC(=O)CSc1cc(F)ccc1F)Nc1ccnn1C1CCCC1. The van der Waals surface area contributed by atoms with E-state index in [4.69, 9.17) is 4.74 Å². The minimum atomic E-state index is -0.692. The number of rotatable bonds is 7. The van der Waals surface area contributed by atoms with Crippen LogP contribution in [0.3, 0.4) is 0 Å². The number of carbonyl (C=O) groups is 2. The van der Waals surface area contributed by atoms with Crippen LogP contribution in [0.4, 0.5) is 14.6 Å². The molecule has 1 fully saturated rings. The van der Waals surface area contributed by atoms with Crippen molar-refractivity contribution in [3.63, 3.8) is 0 Å². The molecule has 27 heavy (non-hydrogen) atoms. The van der Waals surface area contributed by atoms with E-state index in [-0.39, 0.29) is 16.7 Å². The molecule has 3 rings (SSSR count). The number of hydrogen-bond donors (Lipinski definition) is 1. The fraction of sp³-hybridized carbons (Fsp3) is 0.389. The zero-order valence-corrected chi connectivity index (χ0v) is 15.3. The molecular formula is C18H19F2N3O3S. The van der Waals surface area contributed by atoms with Crippen LogP contribution in [0.1, 0.15) is 31.7 Å². The Kier molecular flexibility index (Phi) is 6.44. The van der Waals surface area contributed by atoms with Gasteiger partial charge in [0.2, 0.25) is 0 Å². The van der Waals surface area contributed by atoms with Crippen molar-refractivity contribution in [3.8, 4) is 0 Å². The Bertz CT molecular complexity index is 822. The second-order valence-electron chi connectivity index (χ2n) is 6.17.